The maximum Gasteiger partial charge on any atom is 0.179 e. The first kappa shape index (κ1) is 25.6. The summed E-state index contributed by atoms with van der Waals surface area (Å²) in [5.74, 6) is 0.840. The number of sulfone groups is 1. The van der Waals surface area contributed by atoms with Gasteiger partial charge in [0.2, 0.25) is 0 Å². The van der Waals surface area contributed by atoms with E-state index in [1.54, 1.807) is 38.4 Å². The lowest BCUT2D eigenvalue weighted by atomic mass is 9.98. The van der Waals surface area contributed by atoms with E-state index in [4.69, 9.17) is 9.72 Å². The number of rotatable bonds is 7. The molecule has 0 unspecified atom stereocenters. The smallest absolute Gasteiger partial charge is 0.179 e. The summed E-state index contributed by atoms with van der Waals surface area (Å²) in [6.45, 7) is 5.96. The lowest BCUT2D eigenvalue weighted by Gasteiger charge is -2.18. The number of ether oxygens (including phenoxy) is 1. The van der Waals surface area contributed by atoms with Gasteiger partial charge < -0.3 is 15.2 Å². The Morgan fingerprint density at radius 1 is 1.05 bits per heavy atom. The van der Waals surface area contributed by atoms with E-state index in [0.29, 0.717) is 18.1 Å². The maximum atomic E-state index is 12.0. The summed E-state index contributed by atoms with van der Waals surface area (Å²) in [7, 11) is -1.98. The molecule has 0 aliphatic rings. The van der Waals surface area contributed by atoms with Crippen LogP contribution >= 0.6 is 0 Å². The number of aryl methyl sites for hydroxylation is 1. The molecule has 5 aromatic rings. The molecule has 0 saturated carbocycles. The van der Waals surface area contributed by atoms with Crippen molar-refractivity contribution in [2.75, 3.05) is 18.7 Å². The van der Waals surface area contributed by atoms with Gasteiger partial charge in [0.15, 0.2) is 9.84 Å². The third-order valence-electron chi connectivity index (χ3n) is 6.37. The molecule has 2 N–H and O–H groups in total. The molecule has 9 nitrogen and oxygen atoms in total. The van der Waals surface area contributed by atoms with Gasteiger partial charge in [0.1, 0.15) is 16.5 Å². The number of fused-ring (bicyclic) bond motifs is 2. The molecule has 0 bridgehead atoms. The van der Waals surface area contributed by atoms with Crippen molar-refractivity contribution in [3.05, 3.63) is 66.6 Å². The van der Waals surface area contributed by atoms with Gasteiger partial charge in [-0.05, 0) is 56.7 Å². The van der Waals surface area contributed by atoms with E-state index in [1.165, 1.54) is 13.2 Å². The van der Waals surface area contributed by atoms with Crippen molar-refractivity contribution in [1.29, 1.82) is 0 Å². The second-order valence-corrected chi connectivity index (χ2v) is 12.0. The van der Waals surface area contributed by atoms with Crippen LogP contribution in [0.5, 0.6) is 5.75 Å². The van der Waals surface area contributed by atoms with Crippen molar-refractivity contribution < 1.29 is 18.3 Å². The van der Waals surface area contributed by atoms with Crippen LogP contribution in [0.15, 0.2) is 66.0 Å². The molecule has 0 aliphatic heterocycles. The van der Waals surface area contributed by atoms with Crippen LogP contribution in [0.25, 0.3) is 32.9 Å². The Labute approximate surface area is 221 Å². The van der Waals surface area contributed by atoms with Crippen LogP contribution in [-0.2, 0) is 16.4 Å². The maximum absolute atomic E-state index is 12.0. The standard InChI is InChI=1S/C28H29N5O4S/c1-17-20(7-8-23-22(17)15-31-33(23)16-28(2,3)34)27-21-13-26(30-14-18(21)10-11-29-27)32-19-6-9-25(38(5,35)36)24(12-19)37-4/h6-15,34H,16H2,1-5H3,(H,30,32). The van der Waals surface area contributed by atoms with E-state index >= 15 is 0 Å². The number of aromatic nitrogens is 4. The van der Waals surface area contributed by atoms with Gasteiger partial charge in [-0.3, -0.25) is 9.67 Å². The molecule has 0 aliphatic carbocycles. The molecule has 3 aromatic heterocycles. The Bertz CT molecular complexity index is 1790. The average Bonchev–Trinajstić information content (AvgIpc) is 3.25. The van der Waals surface area contributed by atoms with E-state index in [1.807, 2.05) is 42.1 Å². The van der Waals surface area contributed by atoms with Gasteiger partial charge in [-0.15, -0.1) is 0 Å². The average molecular weight is 532 g/mol. The highest BCUT2D eigenvalue weighted by molar-refractivity contribution is 7.90. The topological polar surface area (TPSA) is 119 Å². The number of nitrogens with zero attached hydrogens (tertiary/aromatic N) is 4. The number of anilines is 2. The van der Waals surface area contributed by atoms with E-state index in [2.05, 4.69) is 15.4 Å². The second kappa shape index (κ2) is 9.38. The number of benzene rings is 2. The first-order valence-corrected chi connectivity index (χ1v) is 13.9. The van der Waals surface area contributed by atoms with E-state index in [0.717, 1.165) is 44.8 Å². The number of pyridine rings is 2. The normalized spacial score (nSPS) is 12.3. The number of hydrogen-bond acceptors (Lipinski definition) is 8. The van der Waals surface area contributed by atoms with Gasteiger partial charge in [-0.25, -0.2) is 13.4 Å². The van der Waals surface area contributed by atoms with Gasteiger partial charge in [-0.1, -0.05) is 6.07 Å². The van der Waals surface area contributed by atoms with Gasteiger partial charge in [0.25, 0.3) is 0 Å². The fourth-order valence-corrected chi connectivity index (χ4v) is 5.41. The number of methoxy groups -OCH3 is 1. The van der Waals surface area contributed by atoms with Crippen LogP contribution in [0, 0.1) is 6.92 Å². The van der Waals surface area contributed by atoms with Gasteiger partial charge in [0.05, 0.1) is 36.7 Å². The zero-order chi connectivity index (χ0) is 27.2. The second-order valence-electron chi connectivity index (χ2n) is 10.00. The van der Waals surface area contributed by atoms with Crippen LogP contribution in [0.3, 0.4) is 0 Å². The lowest BCUT2D eigenvalue weighted by Crippen LogP contribution is -2.26. The minimum Gasteiger partial charge on any atom is -0.495 e. The first-order chi connectivity index (χ1) is 17.9. The van der Waals surface area contributed by atoms with Crippen molar-refractivity contribution in [3.8, 4) is 17.0 Å². The molecule has 0 saturated heterocycles. The van der Waals surface area contributed by atoms with Crippen LogP contribution in [-0.4, -0.2) is 52.2 Å². The highest BCUT2D eigenvalue weighted by Gasteiger charge is 2.19. The molecule has 0 amide bonds. The molecule has 38 heavy (non-hydrogen) atoms. The van der Waals surface area contributed by atoms with Gasteiger partial charge in [0, 0.05) is 52.1 Å². The molecule has 2 aromatic carbocycles. The number of aliphatic hydroxyl groups is 1. The van der Waals surface area contributed by atoms with Crippen molar-refractivity contribution in [2.24, 2.45) is 0 Å². The Morgan fingerprint density at radius 3 is 2.55 bits per heavy atom. The quantitative estimate of drug-likeness (QED) is 0.305. The van der Waals surface area contributed by atoms with Crippen molar-refractivity contribution in [3.63, 3.8) is 0 Å². The summed E-state index contributed by atoms with van der Waals surface area (Å²) in [5, 5.41) is 20.9. The molecule has 0 atom stereocenters. The molecule has 0 fully saturated rings. The van der Waals surface area contributed by atoms with Crippen LogP contribution < -0.4 is 10.1 Å². The minimum atomic E-state index is -3.42. The molecule has 0 spiro atoms. The summed E-state index contributed by atoms with van der Waals surface area (Å²) < 4.78 is 31.2. The predicted octanol–water partition coefficient (Wildman–Crippen LogP) is 4.88. The molecule has 0 radical (unpaired) electrons. The van der Waals surface area contributed by atoms with E-state index in [-0.39, 0.29) is 10.6 Å². The van der Waals surface area contributed by atoms with Gasteiger partial charge in [-0.2, -0.15) is 5.10 Å². The summed E-state index contributed by atoms with van der Waals surface area (Å²) >= 11 is 0. The molecular weight excluding hydrogens is 502 g/mol. The van der Waals surface area contributed by atoms with Crippen molar-refractivity contribution in [1.82, 2.24) is 19.7 Å². The summed E-state index contributed by atoms with van der Waals surface area (Å²) in [4.78, 5) is 9.38. The Kier molecular flexibility index (Phi) is 6.32. The fraction of sp³-hybridized carbons (Fsp3) is 0.250. The summed E-state index contributed by atoms with van der Waals surface area (Å²) in [5.41, 5.74) is 3.54. The zero-order valence-corrected chi connectivity index (χ0v) is 22.7. The molecule has 10 heteroatoms. The zero-order valence-electron chi connectivity index (χ0n) is 21.8. The fourth-order valence-electron chi connectivity index (χ4n) is 4.59. The Hall–Kier alpha value is -4.02. The van der Waals surface area contributed by atoms with Crippen LogP contribution in [0.4, 0.5) is 11.5 Å². The highest BCUT2D eigenvalue weighted by atomic mass is 32.2. The SMILES string of the molecule is COc1cc(Nc2cc3c(-c4ccc5c(cnn5CC(C)(C)O)c4C)nccc3cn2)ccc1S(C)(=O)=O. The largest absolute Gasteiger partial charge is 0.495 e. The van der Waals surface area contributed by atoms with Gasteiger partial charge >= 0.3 is 0 Å². The highest BCUT2D eigenvalue weighted by Crippen LogP contribution is 2.35. The minimum absolute atomic E-state index is 0.125. The Balaban J connectivity index is 1.55. The molecule has 3 heterocycles. The predicted molar refractivity (Wildman–Crippen MR) is 149 cm³/mol. The van der Waals surface area contributed by atoms with Crippen molar-refractivity contribution in [2.45, 2.75) is 37.8 Å². The third kappa shape index (κ3) is 4.92. The molecular formula is C28H29N5O4S. The molecule has 196 valence electrons. The van der Waals surface area contributed by atoms with Crippen molar-refractivity contribution >= 4 is 43.0 Å². The first-order valence-electron chi connectivity index (χ1n) is 12.0. The summed E-state index contributed by atoms with van der Waals surface area (Å²) in [6.07, 6.45) is 6.52. The molecule has 5 rings (SSSR count). The lowest BCUT2D eigenvalue weighted by molar-refractivity contribution is 0.0591. The summed E-state index contributed by atoms with van der Waals surface area (Å²) in [6, 6.07) is 12.7. The third-order valence-corrected chi connectivity index (χ3v) is 7.51. The van der Waals surface area contributed by atoms with E-state index in [9.17, 15) is 13.5 Å². The van der Waals surface area contributed by atoms with E-state index < -0.39 is 15.4 Å². The van der Waals surface area contributed by atoms with Crippen LogP contribution in [0.2, 0.25) is 0 Å². The number of hydrogen-bond donors (Lipinski definition) is 2. The number of nitrogens with one attached hydrogen (secondary N) is 1. The van der Waals surface area contributed by atoms with Crippen LogP contribution in [0.1, 0.15) is 19.4 Å². The monoisotopic (exact) mass is 531 g/mol. The Morgan fingerprint density at radius 2 is 1.84 bits per heavy atom.